The summed E-state index contributed by atoms with van der Waals surface area (Å²) >= 11 is 5.53. The molecule has 1 aromatic rings. The van der Waals surface area contributed by atoms with Crippen molar-refractivity contribution in [1.29, 1.82) is 0 Å². The lowest BCUT2D eigenvalue weighted by Gasteiger charge is -2.22. The second kappa shape index (κ2) is 4.44. The Morgan fingerprint density at radius 3 is 2.80 bits per heavy atom. The largest absolute Gasteiger partial charge is 0.480 e. The van der Waals surface area contributed by atoms with Crippen molar-refractivity contribution in [2.45, 2.75) is 13.0 Å². The van der Waals surface area contributed by atoms with Crippen LogP contribution in [0.2, 0.25) is 5.02 Å². The van der Waals surface area contributed by atoms with Crippen molar-refractivity contribution in [2.24, 2.45) is 0 Å². The number of carboxylic acid groups (broad SMARTS) is 1. The molecular formula is C9H10ClFN2O2. The maximum atomic E-state index is 13.3. The van der Waals surface area contributed by atoms with E-state index in [-0.39, 0.29) is 10.8 Å². The number of rotatable bonds is 3. The second-order valence-electron chi connectivity index (χ2n) is 3.08. The molecule has 0 aliphatic carbocycles. The average molecular weight is 233 g/mol. The zero-order chi connectivity index (χ0) is 11.6. The highest BCUT2D eigenvalue weighted by molar-refractivity contribution is 6.30. The summed E-state index contributed by atoms with van der Waals surface area (Å²) in [6, 6.07) is 0.239. The minimum absolute atomic E-state index is 0.0331. The van der Waals surface area contributed by atoms with Gasteiger partial charge < -0.3 is 10.0 Å². The number of pyridine rings is 1. The summed E-state index contributed by atoms with van der Waals surface area (Å²) in [6.45, 7) is 1.44. The summed E-state index contributed by atoms with van der Waals surface area (Å²) in [5.74, 6) is -1.72. The molecule has 0 bridgehead atoms. The van der Waals surface area contributed by atoms with Crippen LogP contribution >= 0.6 is 11.6 Å². The third kappa shape index (κ3) is 2.56. The Morgan fingerprint density at radius 1 is 1.73 bits per heavy atom. The van der Waals surface area contributed by atoms with Crippen LogP contribution in [0.1, 0.15) is 6.92 Å². The molecule has 15 heavy (non-hydrogen) atoms. The van der Waals surface area contributed by atoms with Gasteiger partial charge in [0.15, 0.2) is 11.6 Å². The predicted molar refractivity (Wildman–Crippen MR) is 54.7 cm³/mol. The van der Waals surface area contributed by atoms with Gasteiger partial charge in [0.2, 0.25) is 0 Å². The summed E-state index contributed by atoms with van der Waals surface area (Å²) in [5.41, 5.74) is 0. The minimum Gasteiger partial charge on any atom is -0.480 e. The predicted octanol–water partition coefficient (Wildman–Crippen LogP) is 1.78. The Hall–Kier alpha value is -1.36. The molecule has 1 aromatic heterocycles. The van der Waals surface area contributed by atoms with Crippen molar-refractivity contribution in [2.75, 3.05) is 11.9 Å². The van der Waals surface area contributed by atoms with E-state index in [1.54, 1.807) is 0 Å². The number of aromatic nitrogens is 1. The van der Waals surface area contributed by atoms with Crippen molar-refractivity contribution in [3.05, 3.63) is 23.1 Å². The number of carboxylic acids is 1. The Labute approximate surface area is 91.3 Å². The van der Waals surface area contributed by atoms with Gasteiger partial charge in [0.1, 0.15) is 6.04 Å². The third-order valence-electron chi connectivity index (χ3n) is 2.06. The van der Waals surface area contributed by atoms with Crippen LogP contribution in [0.25, 0.3) is 0 Å². The van der Waals surface area contributed by atoms with Gasteiger partial charge in [-0.05, 0) is 13.0 Å². The maximum absolute atomic E-state index is 13.3. The second-order valence-corrected chi connectivity index (χ2v) is 3.52. The molecule has 0 saturated heterocycles. The fourth-order valence-electron chi connectivity index (χ4n) is 1.02. The van der Waals surface area contributed by atoms with E-state index in [2.05, 4.69) is 4.98 Å². The van der Waals surface area contributed by atoms with Gasteiger partial charge in [0.05, 0.1) is 5.02 Å². The molecule has 1 N–H and O–H groups in total. The molecule has 4 nitrogen and oxygen atoms in total. The summed E-state index contributed by atoms with van der Waals surface area (Å²) in [5, 5.41) is 8.91. The fourth-order valence-corrected chi connectivity index (χ4v) is 1.16. The van der Waals surface area contributed by atoms with E-state index < -0.39 is 17.8 Å². The molecule has 82 valence electrons. The Kier molecular flexibility index (Phi) is 3.47. The minimum atomic E-state index is -1.05. The number of carbonyl (C=O) groups is 1. The number of hydrogen-bond acceptors (Lipinski definition) is 3. The van der Waals surface area contributed by atoms with Gasteiger partial charge in [-0.2, -0.15) is 0 Å². The molecule has 0 fully saturated rings. The number of aliphatic carboxylic acids is 1. The van der Waals surface area contributed by atoms with Crippen LogP contribution in [-0.4, -0.2) is 29.1 Å². The molecule has 0 amide bonds. The smallest absolute Gasteiger partial charge is 0.326 e. The number of hydrogen-bond donors (Lipinski definition) is 1. The fraction of sp³-hybridized carbons (Fsp3) is 0.333. The van der Waals surface area contributed by atoms with E-state index in [9.17, 15) is 9.18 Å². The molecule has 0 radical (unpaired) electrons. The summed E-state index contributed by atoms with van der Waals surface area (Å²) in [7, 11) is 1.46. The van der Waals surface area contributed by atoms with Crippen LogP contribution in [0, 0.1) is 5.82 Å². The lowest BCUT2D eigenvalue weighted by Crippen LogP contribution is -2.36. The first-order chi connectivity index (χ1) is 6.93. The van der Waals surface area contributed by atoms with E-state index in [4.69, 9.17) is 16.7 Å². The Morgan fingerprint density at radius 2 is 2.33 bits per heavy atom. The molecule has 1 atom stereocenters. The molecule has 1 unspecified atom stereocenters. The Bertz CT molecular complexity index is 386. The van der Waals surface area contributed by atoms with E-state index in [1.807, 2.05) is 0 Å². The van der Waals surface area contributed by atoms with Gasteiger partial charge in [-0.25, -0.2) is 14.2 Å². The average Bonchev–Trinajstić information content (AvgIpc) is 2.15. The molecule has 0 saturated carbocycles. The van der Waals surface area contributed by atoms with Gasteiger partial charge in [0.25, 0.3) is 0 Å². The standard InChI is InChI=1S/C9H10ClFN2O2/c1-5(9(14)15)13(2)8-7(11)3-6(10)4-12-8/h3-5H,1-2H3,(H,14,15). The van der Waals surface area contributed by atoms with Crippen molar-refractivity contribution in [3.8, 4) is 0 Å². The maximum Gasteiger partial charge on any atom is 0.326 e. The van der Waals surface area contributed by atoms with Gasteiger partial charge in [0, 0.05) is 13.2 Å². The van der Waals surface area contributed by atoms with Gasteiger partial charge in [-0.1, -0.05) is 11.6 Å². The monoisotopic (exact) mass is 232 g/mol. The first-order valence-electron chi connectivity index (χ1n) is 4.20. The van der Waals surface area contributed by atoms with Crippen LogP contribution < -0.4 is 4.90 Å². The third-order valence-corrected chi connectivity index (χ3v) is 2.27. The summed E-state index contributed by atoms with van der Waals surface area (Å²) in [6.07, 6.45) is 1.27. The zero-order valence-corrected chi connectivity index (χ0v) is 8.99. The van der Waals surface area contributed by atoms with Crippen molar-refractivity contribution >= 4 is 23.4 Å². The normalized spacial score (nSPS) is 12.3. The van der Waals surface area contributed by atoms with E-state index >= 15 is 0 Å². The number of halogens is 2. The zero-order valence-electron chi connectivity index (χ0n) is 8.24. The lowest BCUT2D eigenvalue weighted by atomic mass is 10.3. The van der Waals surface area contributed by atoms with Crippen molar-refractivity contribution in [3.63, 3.8) is 0 Å². The van der Waals surface area contributed by atoms with E-state index in [1.165, 1.54) is 25.1 Å². The van der Waals surface area contributed by atoms with Gasteiger partial charge in [-0.15, -0.1) is 0 Å². The molecule has 1 rings (SSSR count). The van der Waals surface area contributed by atoms with Crippen molar-refractivity contribution in [1.82, 2.24) is 4.98 Å². The van der Waals surface area contributed by atoms with Gasteiger partial charge in [-0.3, -0.25) is 0 Å². The SMILES string of the molecule is CC(C(=O)O)N(C)c1ncc(Cl)cc1F. The summed E-state index contributed by atoms with van der Waals surface area (Å²) < 4.78 is 13.3. The molecule has 0 spiro atoms. The molecule has 1 heterocycles. The highest BCUT2D eigenvalue weighted by atomic mass is 35.5. The molecule has 0 aromatic carbocycles. The van der Waals surface area contributed by atoms with Crippen molar-refractivity contribution < 1.29 is 14.3 Å². The van der Waals surface area contributed by atoms with Gasteiger partial charge >= 0.3 is 5.97 Å². The number of nitrogens with zero attached hydrogens (tertiary/aromatic N) is 2. The van der Waals surface area contributed by atoms with Crippen LogP contribution in [-0.2, 0) is 4.79 Å². The Balaban J connectivity index is 3.01. The quantitative estimate of drug-likeness (QED) is 0.863. The first kappa shape index (κ1) is 11.7. The molecular weight excluding hydrogens is 223 g/mol. The highest BCUT2D eigenvalue weighted by Gasteiger charge is 2.20. The number of anilines is 1. The summed E-state index contributed by atoms with van der Waals surface area (Å²) in [4.78, 5) is 15.6. The highest BCUT2D eigenvalue weighted by Crippen LogP contribution is 2.19. The van der Waals surface area contributed by atoms with Crippen LogP contribution in [0.5, 0.6) is 0 Å². The van der Waals surface area contributed by atoms with Crippen LogP contribution in [0.3, 0.4) is 0 Å². The topological polar surface area (TPSA) is 53.4 Å². The lowest BCUT2D eigenvalue weighted by molar-refractivity contribution is -0.138. The molecule has 6 heteroatoms. The van der Waals surface area contributed by atoms with Crippen LogP contribution in [0.15, 0.2) is 12.3 Å². The molecule has 0 aliphatic rings. The van der Waals surface area contributed by atoms with Crippen LogP contribution in [0.4, 0.5) is 10.2 Å². The van der Waals surface area contributed by atoms with E-state index in [0.29, 0.717) is 0 Å². The first-order valence-corrected chi connectivity index (χ1v) is 4.58. The molecule has 0 aliphatic heterocycles. The van der Waals surface area contributed by atoms with E-state index in [0.717, 1.165) is 6.07 Å². The number of likely N-dealkylation sites (N-methyl/N-ethyl adjacent to an activating group) is 1.